The summed E-state index contributed by atoms with van der Waals surface area (Å²) in [6, 6.07) is 5.30. The molecule has 0 fully saturated rings. The van der Waals surface area contributed by atoms with Gasteiger partial charge in [-0.1, -0.05) is 35.8 Å². The number of rotatable bonds is 5. The molecule has 0 aliphatic carbocycles. The van der Waals surface area contributed by atoms with Gasteiger partial charge in [0.15, 0.2) is 5.84 Å². The summed E-state index contributed by atoms with van der Waals surface area (Å²) < 4.78 is 1.78. The third-order valence-corrected chi connectivity index (χ3v) is 3.52. The van der Waals surface area contributed by atoms with Gasteiger partial charge in [-0.3, -0.25) is 4.68 Å². The maximum Gasteiger partial charge on any atom is 0.170 e. The Balaban J connectivity index is 2.13. The minimum atomic E-state index is 0.0388. The first-order chi connectivity index (χ1) is 10.0. The molecule has 1 heterocycles. The highest BCUT2D eigenvalue weighted by atomic mass is 35.5. The average molecular weight is 308 g/mol. The van der Waals surface area contributed by atoms with Gasteiger partial charge in [-0.05, 0) is 18.1 Å². The van der Waals surface area contributed by atoms with Crippen LogP contribution in [0.3, 0.4) is 0 Å². The molecule has 2 rings (SSSR count). The second-order valence-corrected chi connectivity index (χ2v) is 5.07. The second kappa shape index (κ2) is 6.49. The van der Waals surface area contributed by atoms with E-state index in [-0.39, 0.29) is 5.84 Å². The summed E-state index contributed by atoms with van der Waals surface area (Å²) in [7, 11) is 1.89. The van der Waals surface area contributed by atoms with Gasteiger partial charge >= 0.3 is 0 Å². The smallest absolute Gasteiger partial charge is 0.170 e. The molecule has 0 bridgehead atoms. The van der Waals surface area contributed by atoms with Crippen LogP contribution in [0.25, 0.3) is 0 Å². The third-order valence-electron chi connectivity index (χ3n) is 3.17. The summed E-state index contributed by atoms with van der Waals surface area (Å²) in [6.45, 7) is 2.64. The van der Waals surface area contributed by atoms with Gasteiger partial charge in [0.1, 0.15) is 0 Å². The molecule has 0 saturated heterocycles. The van der Waals surface area contributed by atoms with Crippen LogP contribution in [0.15, 0.2) is 29.6 Å². The highest BCUT2D eigenvalue weighted by Crippen LogP contribution is 2.21. The van der Waals surface area contributed by atoms with Crippen molar-refractivity contribution in [2.45, 2.75) is 19.9 Å². The lowest BCUT2D eigenvalue weighted by Gasteiger charge is -2.09. The van der Waals surface area contributed by atoms with Crippen molar-refractivity contribution in [3.63, 3.8) is 0 Å². The number of aryl methyl sites for hydroxylation is 2. The normalized spacial score (nSPS) is 11.7. The number of nitrogens with one attached hydrogen (secondary N) is 1. The molecule has 0 radical (unpaired) electrons. The Labute approximate surface area is 128 Å². The maximum atomic E-state index is 8.66. The molecule has 0 unspecified atom stereocenters. The summed E-state index contributed by atoms with van der Waals surface area (Å²) in [5, 5.41) is 19.9. The van der Waals surface area contributed by atoms with Crippen molar-refractivity contribution in [2.24, 2.45) is 17.9 Å². The van der Waals surface area contributed by atoms with Crippen LogP contribution in [-0.4, -0.2) is 20.8 Å². The lowest BCUT2D eigenvalue weighted by molar-refractivity contribution is 0.318. The summed E-state index contributed by atoms with van der Waals surface area (Å²) >= 11 is 6.22. The molecule has 6 nitrogen and oxygen atoms in total. The molecule has 0 aliphatic heterocycles. The highest BCUT2D eigenvalue weighted by molar-refractivity contribution is 6.31. The molecule has 0 amide bonds. The Bertz CT molecular complexity index is 665. The van der Waals surface area contributed by atoms with E-state index in [1.54, 1.807) is 16.8 Å². The van der Waals surface area contributed by atoms with E-state index < -0.39 is 0 Å². The average Bonchev–Trinajstić information content (AvgIpc) is 2.85. The van der Waals surface area contributed by atoms with Gasteiger partial charge in [0.25, 0.3) is 0 Å². The zero-order chi connectivity index (χ0) is 15.4. The van der Waals surface area contributed by atoms with Crippen molar-refractivity contribution < 1.29 is 5.21 Å². The molecule has 21 heavy (non-hydrogen) atoms. The predicted molar refractivity (Wildman–Crippen MR) is 83.9 cm³/mol. The molecule has 1 aromatic heterocycles. The Morgan fingerprint density at radius 2 is 2.29 bits per heavy atom. The number of benzene rings is 1. The van der Waals surface area contributed by atoms with Gasteiger partial charge in [-0.2, -0.15) is 5.10 Å². The van der Waals surface area contributed by atoms with Crippen LogP contribution in [0, 0.1) is 0 Å². The number of halogens is 1. The molecule has 4 N–H and O–H groups in total. The molecule has 0 atom stereocenters. The molecule has 112 valence electrons. The quantitative estimate of drug-likeness (QED) is 0.342. The number of oxime groups is 1. The molecular weight excluding hydrogens is 290 g/mol. The Kier molecular flexibility index (Phi) is 4.70. The molecule has 0 spiro atoms. The standard InChI is InChI=1S/C14H18ClN5O/c1-3-12-13(8-20(2)18-12)17-7-10-5-4-9(6-11(10)15)14(16)19-21/h4-6,8,17,21H,3,7H2,1-2H3,(H2,16,19). The summed E-state index contributed by atoms with van der Waals surface area (Å²) in [5.41, 5.74) is 9.06. The lowest BCUT2D eigenvalue weighted by atomic mass is 10.1. The van der Waals surface area contributed by atoms with E-state index in [1.807, 2.05) is 19.3 Å². The number of nitrogens with two attached hydrogens (primary N) is 1. The first-order valence-electron chi connectivity index (χ1n) is 6.57. The largest absolute Gasteiger partial charge is 0.409 e. The Morgan fingerprint density at radius 3 is 2.90 bits per heavy atom. The zero-order valence-corrected chi connectivity index (χ0v) is 12.7. The minimum Gasteiger partial charge on any atom is -0.409 e. The van der Waals surface area contributed by atoms with Crippen LogP contribution in [0.5, 0.6) is 0 Å². The van der Waals surface area contributed by atoms with E-state index in [2.05, 4.69) is 22.5 Å². The fraction of sp³-hybridized carbons (Fsp3) is 0.286. The van der Waals surface area contributed by atoms with E-state index in [9.17, 15) is 0 Å². The molecule has 0 saturated carbocycles. The number of hydrogen-bond donors (Lipinski definition) is 3. The van der Waals surface area contributed by atoms with Gasteiger partial charge in [-0.25, -0.2) is 0 Å². The molecule has 2 aromatic rings. The van der Waals surface area contributed by atoms with Gasteiger partial charge < -0.3 is 16.3 Å². The van der Waals surface area contributed by atoms with Gasteiger partial charge in [-0.15, -0.1) is 0 Å². The number of hydrogen-bond acceptors (Lipinski definition) is 4. The van der Waals surface area contributed by atoms with Crippen LogP contribution in [0.1, 0.15) is 23.7 Å². The SMILES string of the molecule is CCc1nn(C)cc1NCc1ccc(/C(N)=N/O)cc1Cl. The van der Waals surface area contributed by atoms with Crippen LogP contribution in [-0.2, 0) is 20.0 Å². The van der Waals surface area contributed by atoms with Crippen LogP contribution >= 0.6 is 11.6 Å². The Hall–Kier alpha value is -2.21. The van der Waals surface area contributed by atoms with Gasteiger partial charge in [0.2, 0.25) is 0 Å². The topological polar surface area (TPSA) is 88.5 Å². The molecule has 0 aliphatic rings. The maximum absolute atomic E-state index is 8.66. The van der Waals surface area contributed by atoms with E-state index >= 15 is 0 Å². The Morgan fingerprint density at radius 1 is 1.52 bits per heavy atom. The number of amidine groups is 1. The van der Waals surface area contributed by atoms with Crippen molar-refractivity contribution in [1.29, 1.82) is 0 Å². The van der Waals surface area contributed by atoms with Crippen molar-refractivity contribution in [3.05, 3.63) is 46.2 Å². The number of aromatic nitrogens is 2. The fourth-order valence-corrected chi connectivity index (χ4v) is 2.29. The molecule has 1 aromatic carbocycles. The first kappa shape index (κ1) is 15.2. The van der Waals surface area contributed by atoms with Gasteiger partial charge in [0.05, 0.1) is 11.4 Å². The van der Waals surface area contributed by atoms with E-state index in [1.165, 1.54) is 0 Å². The monoisotopic (exact) mass is 307 g/mol. The predicted octanol–water partition coefficient (Wildman–Crippen LogP) is 2.34. The van der Waals surface area contributed by atoms with E-state index in [4.69, 9.17) is 22.5 Å². The lowest BCUT2D eigenvalue weighted by Crippen LogP contribution is -2.13. The van der Waals surface area contributed by atoms with Crippen molar-refractivity contribution >= 4 is 23.1 Å². The third kappa shape index (κ3) is 3.46. The summed E-state index contributed by atoms with van der Waals surface area (Å²) in [6.07, 6.45) is 2.80. The van der Waals surface area contributed by atoms with Crippen LogP contribution in [0.4, 0.5) is 5.69 Å². The summed E-state index contributed by atoms with van der Waals surface area (Å²) in [4.78, 5) is 0. The van der Waals surface area contributed by atoms with Crippen LogP contribution in [0.2, 0.25) is 5.02 Å². The van der Waals surface area contributed by atoms with E-state index in [0.29, 0.717) is 17.1 Å². The van der Waals surface area contributed by atoms with E-state index in [0.717, 1.165) is 23.4 Å². The van der Waals surface area contributed by atoms with Crippen molar-refractivity contribution in [1.82, 2.24) is 9.78 Å². The zero-order valence-electron chi connectivity index (χ0n) is 12.0. The highest BCUT2D eigenvalue weighted by Gasteiger charge is 2.08. The molecular formula is C14H18ClN5O. The molecule has 7 heteroatoms. The number of anilines is 1. The number of nitrogens with zero attached hydrogens (tertiary/aromatic N) is 3. The first-order valence-corrected chi connectivity index (χ1v) is 6.95. The summed E-state index contributed by atoms with van der Waals surface area (Å²) in [5.74, 6) is 0.0388. The van der Waals surface area contributed by atoms with Crippen molar-refractivity contribution in [3.8, 4) is 0 Å². The van der Waals surface area contributed by atoms with Crippen molar-refractivity contribution in [2.75, 3.05) is 5.32 Å². The fourth-order valence-electron chi connectivity index (χ4n) is 2.04. The second-order valence-electron chi connectivity index (χ2n) is 4.66. The minimum absolute atomic E-state index is 0.0388. The van der Waals surface area contributed by atoms with Gasteiger partial charge in [0, 0.05) is 30.4 Å². The van der Waals surface area contributed by atoms with Crippen LogP contribution < -0.4 is 11.1 Å².